The molecule has 2 unspecified atom stereocenters. The number of ether oxygens (including phenoxy) is 1. The number of hydrogen-bond acceptors (Lipinski definition) is 5. The van der Waals surface area contributed by atoms with E-state index in [2.05, 4.69) is 17.1 Å². The number of carbonyl (C=O) groups excluding carboxylic acids is 1. The Morgan fingerprint density at radius 3 is 2.68 bits per heavy atom. The minimum Gasteiger partial charge on any atom is -0.466 e. The number of nitrogens with zero attached hydrogens (tertiary/aromatic N) is 1. The van der Waals surface area contributed by atoms with Crippen LogP contribution in [0.4, 0.5) is 0 Å². The van der Waals surface area contributed by atoms with Crippen molar-refractivity contribution in [1.82, 2.24) is 10.2 Å². The van der Waals surface area contributed by atoms with Crippen LogP contribution < -0.4 is 5.32 Å². The van der Waals surface area contributed by atoms with Gasteiger partial charge in [-0.1, -0.05) is 6.92 Å². The van der Waals surface area contributed by atoms with E-state index in [9.17, 15) is 9.90 Å². The van der Waals surface area contributed by atoms with Crippen LogP contribution in [0.25, 0.3) is 0 Å². The third kappa shape index (κ3) is 7.50. The number of likely N-dealkylation sites (tertiary alicyclic amines) is 1. The van der Waals surface area contributed by atoms with E-state index in [1.54, 1.807) is 6.92 Å². The molecule has 1 fully saturated rings. The van der Waals surface area contributed by atoms with Crippen LogP contribution >= 0.6 is 0 Å². The van der Waals surface area contributed by atoms with Gasteiger partial charge in [0.05, 0.1) is 19.1 Å². The Kier molecular flexibility index (Phi) is 8.02. The van der Waals surface area contributed by atoms with Gasteiger partial charge >= 0.3 is 5.97 Å². The van der Waals surface area contributed by atoms with Crippen LogP contribution in [0.5, 0.6) is 0 Å². The maximum absolute atomic E-state index is 11.2. The lowest BCUT2D eigenvalue weighted by Crippen LogP contribution is -2.35. The third-order valence-corrected chi connectivity index (χ3v) is 3.35. The van der Waals surface area contributed by atoms with Crippen molar-refractivity contribution in [1.29, 1.82) is 0 Å². The van der Waals surface area contributed by atoms with Crippen LogP contribution in [0, 0.1) is 5.92 Å². The van der Waals surface area contributed by atoms with Crippen LogP contribution in [0.2, 0.25) is 0 Å². The molecule has 0 saturated carbocycles. The second kappa shape index (κ2) is 9.28. The maximum Gasteiger partial charge on any atom is 0.308 e. The number of hydrogen-bond donors (Lipinski definition) is 2. The molecule has 1 aliphatic heterocycles. The Morgan fingerprint density at radius 2 is 2.05 bits per heavy atom. The maximum atomic E-state index is 11.2. The van der Waals surface area contributed by atoms with Crippen molar-refractivity contribution in [2.75, 3.05) is 39.3 Å². The van der Waals surface area contributed by atoms with E-state index < -0.39 is 6.10 Å². The van der Waals surface area contributed by atoms with Crippen LogP contribution in [-0.2, 0) is 9.53 Å². The molecular formula is C14H28N2O3. The summed E-state index contributed by atoms with van der Waals surface area (Å²) in [6, 6.07) is 0. The van der Waals surface area contributed by atoms with Gasteiger partial charge in [-0.3, -0.25) is 4.79 Å². The van der Waals surface area contributed by atoms with Crippen LogP contribution in [-0.4, -0.2) is 61.4 Å². The SMILES string of the molecule is CCOC(=O)CC(O)CNCC(C)CN1CCCC1. The van der Waals surface area contributed by atoms with Crippen molar-refractivity contribution >= 4 is 5.97 Å². The molecule has 0 aromatic carbocycles. The molecule has 0 spiro atoms. The number of nitrogens with one attached hydrogen (secondary N) is 1. The zero-order chi connectivity index (χ0) is 14.1. The summed E-state index contributed by atoms with van der Waals surface area (Å²) < 4.78 is 4.80. The highest BCUT2D eigenvalue weighted by molar-refractivity contribution is 5.69. The largest absolute Gasteiger partial charge is 0.466 e. The highest BCUT2D eigenvalue weighted by Gasteiger charge is 2.15. The molecule has 19 heavy (non-hydrogen) atoms. The summed E-state index contributed by atoms with van der Waals surface area (Å²) in [5.41, 5.74) is 0. The Labute approximate surface area is 116 Å². The Bertz CT molecular complexity index is 255. The molecule has 0 bridgehead atoms. The van der Waals surface area contributed by atoms with Crippen molar-refractivity contribution in [2.45, 2.75) is 39.2 Å². The molecule has 0 aliphatic carbocycles. The summed E-state index contributed by atoms with van der Waals surface area (Å²) in [5.74, 6) is 0.231. The zero-order valence-corrected chi connectivity index (χ0v) is 12.2. The number of rotatable bonds is 9. The highest BCUT2D eigenvalue weighted by atomic mass is 16.5. The molecule has 5 nitrogen and oxygen atoms in total. The van der Waals surface area contributed by atoms with Crippen molar-refractivity contribution in [2.24, 2.45) is 5.92 Å². The molecule has 1 rings (SSSR count). The summed E-state index contributed by atoms with van der Waals surface area (Å²) in [4.78, 5) is 13.7. The van der Waals surface area contributed by atoms with Crippen LogP contribution in [0.15, 0.2) is 0 Å². The fourth-order valence-electron chi connectivity index (χ4n) is 2.45. The molecule has 0 radical (unpaired) electrons. The molecule has 5 heteroatoms. The lowest BCUT2D eigenvalue weighted by atomic mass is 10.1. The molecule has 2 N–H and O–H groups in total. The van der Waals surface area contributed by atoms with Gasteiger partial charge in [-0.2, -0.15) is 0 Å². The average molecular weight is 272 g/mol. The summed E-state index contributed by atoms with van der Waals surface area (Å²) in [7, 11) is 0. The Morgan fingerprint density at radius 1 is 1.37 bits per heavy atom. The lowest BCUT2D eigenvalue weighted by Gasteiger charge is -2.21. The first-order valence-electron chi connectivity index (χ1n) is 7.38. The Balaban J connectivity index is 2.03. The molecule has 1 heterocycles. The normalized spacial score (nSPS) is 19.3. The minimum atomic E-state index is -0.655. The standard InChI is InChI=1S/C14H28N2O3/c1-3-19-14(18)8-13(17)10-15-9-12(2)11-16-6-4-5-7-16/h12-13,15,17H,3-11H2,1-2H3. The Hall–Kier alpha value is -0.650. The van der Waals surface area contributed by atoms with Crippen molar-refractivity contribution in [3.05, 3.63) is 0 Å². The first-order chi connectivity index (χ1) is 9.11. The van der Waals surface area contributed by atoms with E-state index in [1.807, 2.05) is 0 Å². The first-order valence-corrected chi connectivity index (χ1v) is 7.38. The summed E-state index contributed by atoms with van der Waals surface area (Å²) >= 11 is 0. The molecule has 112 valence electrons. The molecule has 1 aliphatic rings. The van der Waals surface area contributed by atoms with Crippen LogP contribution in [0.1, 0.15) is 33.1 Å². The fourth-order valence-corrected chi connectivity index (χ4v) is 2.45. The highest BCUT2D eigenvalue weighted by Crippen LogP contribution is 2.09. The van der Waals surface area contributed by atoms with Gasteiger partial charge in [-0.25, -0.2) is 0 Å². The van der Waals surface area contributed by atoms with E-state index >= 15 is 0 Å². The van der Waals surface area contributed by atoms with Crippen molar-refractivity contribution in [3.63, 3.8) is 0 Å². The predicted octanol–water partition coefficient (Wildman–Crippen LogP) is 0.622. The molecule has 1 saturated heterocycles. The monoisotopic (exact) mass is 272 g/mol. The van der Waals surface area contributed by atoms with Crippen LogP contribution in [0.3, 0.4) is 0 Å². The van der Waals surface area contributed by atoms with Gasteiger partial charge in [-0.05, 0) is 45.3 Å². The van der Waals surface area contributed by atoms with E-state index in [0.717, 1.165) is 13.1 Å². The second-order valence-corrected chi connectivity index (χ2v) is 5.43. The van der Waals surface area contributed by atoms with E-state index in [-0.39, 0.29) is 12.4 Å². The third-order valence-electron chi connectivity index (χ3n) is 3.35. The van der Waals surface area contributed by atoms with Gasteiger partial charge in [-0.15, -0.1) is 0 Å². The van der Waals surface area contributed by atoms with E-state index in [4.69, 9.17) is 4.74 Å². The molecule has 2 atom stereocenters. The van der Waals surface area contributed by atoms with Gasteiger partial charge in [0, 0.05) is 13.1 Å². The number of esters is 1. The van der Waals surface area contributed by atoms with Crippen molar-refractivity contribution < 1.29 is 14.6 Å². The number of aliphatic hydroxyl groups excluding tert-OH is 1. The second-order valence-electron chi connectivity index (χ2n) is 5.43. The molecular weight excluding hydrogens is 244 g/mol. The quantitative estimate of drug-likeness (QED) is 0.603. The van der Waals surface area contributed by atoms with E-state index in [1.165, 1.54) is 25.9 Å². The van der Waals surface area contributed by atoms with Gasteiger partial charge < -0.3 is 20.1 Å². The fraction of sp³-hybridized carbons (Fsp3) is 0.929. The topological polar surface area (TPSA) is 61.8 Å². The first kappa shape index (κ1) is 16.4. The summed E-state index contributed by atoms with van der Waals surface area (Å²) in [5, 5.41) is 12.9. The molecule has 0 aromatic rings. The van der Waals surface area contributed by atoms with Gasteiger partial charge in [0.15, 0.2) is 0 Å². The van der Waals surface area contributed by atoms with E-state index in [0.29, 0.717) is 19.1 Å². The minimum absolute atomic E-state index is 0.0708. The predicted molar refractivity (Wildman–Crippen MR) is 75.0 cm³/mol. The number of carbonyl (C=O) groups is 1. The summed E-state index contributed by atoms with van der Waals surface area (Å²) in [6.07, 6.45) is 2.05. The smallest absolute Gasteiger partial charge is 0.308 e. The summed E-state index contributed by atoms with van der Waals surface area (Å²) in [6.45, 7) is 9.21. The van der Waals surface area contributed by atoms with Gasteiger partial charge in [0.25, 0.3) is 0 Å². The molecule has 0 aromatic heterocycles. The van der Waals surface area contributed by atoms with Gasteiger partial charge in [0.2, 0.25) is 0 Å². The lowest BCUT2D eigenvalue weighted by molar-refractivity contribution is -0.145. The number of aliphatic hydroxyl groups is 1. The zero-order valence-electron chi connectivity index (χ0n) is 12.2. The van der Waals surface area contributed by atoms with Crippen molar-refractivity contribution in [3.8, 4) is 0 Å². The molecule has 0 amide bonds. The van der Waals surface area contributed by atoms with Gasteiger partial charge in [0.1, 0.15) is 0 Å². The average Bonchev–Trinajstić information content (AvgIpc) is 2.81.